The van der Waals surface area contributed by atoms with Crippen LogP contribution in [0.2, 0.25) is 0 Å². The summed E-state index contributed by atoms with van der Waals surface area (Å²) in [7, 11) is 0. The first-order valence-electron chi connectivity index (χ1n) is 8.50. The molecule has 4 nitrogen and oxygen atoms in total. The molecule has 1 fully saturated rings. The minimum Gasteiger partial charge on any atom is -0.455 e. The Kier molecular flexibility index (Phi) is 6.20. The van der Waals surface area contributed by atoms with Crippen LogP contribution in [0.1, 0.15) is 61.8 Å². The van der Waals surface area contributed by atoms with E-state index in [-0.39, 0.29) is 30.4 Å². The van der Waals surface area contributed by atoms with Crippen LogP contribution in [0.15, 0.2) is 18.2 Å². The van der Waals surface area contributed by atoms with Gasteiger partial charge in [0.1, 0.15) is 0 Å². The summed E-state index contributed by atoms with van der Waals surface area (Å²) in [5.74, 6) is -0.493. The molecule has 126 valence electrons. The average molecular weight is 317 g/mol. The van der Waals surface area contributed by atoms with Crippen LogP contribution in [0.5, 0.6) is 0 Å². The number of benzene rings is 1. The fraction of sp³-hybridized carbons (Fsp3) is 0.579. The third-order valence-corrected chi connectivity index (χ3v) is 4.69. The molecule has 1 amide bonds. The lowest BCUT2D eigenvalue weighted by molar-refractivity contribution is -0.153. The van der Waals surface area contributed by atoms with Crippen LogP contribution < -0.4 is 5.32 Å². The van der Waals surface area contributed by atoms with Crippen LogP contribution in [0.25, 0.3) is 0 Å². The molecule has 0 bridgehead atoms. The fourth-order valence-electron chi connectivity index (χ4n) is 2.99. The number of nitrogens with one attached hydrogen (secondary N) is 1. The van der Waals surface area contributed by atoms with Gasteiger partial charge in [0.25, 0.3) is 5.91 Å². The number of aryl methyl sites for hydroxylation is 2. The highest BCUT2D eigenvalue weighted by molar-refractivity contribution is 5.81. The molecule has 2 rings (SSSR count). The monoisotopic (exact) mass is 317 g/mol. The number of esters is 1. The van der Waals surface area contributed by atoms with Gasteiger partial charge in [0.15, 0.2) is 6.61 Å². The number of ether oxygens (including phenoxy) is 1. The largest absolute Gasteiger partial charge is 0.455 e. The summed E-state index contributed by atoms with van der Waals surface area (Å²) in [6.07, 6.45) is 5.13. The van der Waals surface area contributed by atoms with Crippen LogP contribution in [0.3, 0.4) is 0 Å². The summed E-state index contributed by atoms with van der Waals surface area (Å²) in [5, 5.41) is 2.88. The number of carbonyl (C=O) groups is 2. The third-order valence-electron chi connectivity index (χ3n) is 4.69. The molecule has 0 radical (unpaired) electrons. The Labute approximate surface area is 138 Å². The van der Waals surface area contributed by atoms with Crippen molar-refractivity contribution < 1.29 is 14.3 Å². The predicted octanol–water partition coefficient (Wildman–Crippen LogP) is 3.60. The van der Waals surface area contributed by atoms with Gasteiger partial charge >= 0.3 is 5.97 Å². The number of amides is 1. The Morgan fingerprint density at radius 2 is 1.87 bits per heavy atom. The number of rotatable bonds is 5. The zero-order valence-corrected chi connectivity index (χ0v) is 14.4. The molecule has 0 spiro atoms. The van der Waals surface area contributed by atoms with Crippen molar-refractivity contribution in [1.82, 2.24) is 5.32 Å². The first-order valence-corrected chi connectivity index (χ1v) is 8.50. The summed E-state index contributed by atoms with van der Waals surface area (Å²) in [5.41, 5.74) is 3.49. The van der Waals surface area contributed by atoms with Gasteiger partial charge in [-0.3, -0.25) is 9.59 Å². The molecular weight excluding hydrogens is 290 g/mol. The first kappa shape index (κ1) is 17.5. The molecule has 0 aromatic heterocycles. The predicted molar refractivity (Wildman–Crippen MR) is 90.0 cm³/mol. The minimum atomic E-state index is -0.250. The highest BCUT2D eigenvalue weighted by atomic mass is 16.5. The van der Waals surface area contributed by atoms with E-state index < -0.39 is 0 Å². The minimum absolute atomic E-state index is 0.0197. The maximum atomic E-state index is 12.0. The number of carbonyl (C=O) groups excluding carboxylic acids is 2. The van der Waals surface area contributed by atoms with E-state index in [2.05, 4.69) is 31.3 Å². The van der Waals surface area contributed by atoms with Crippen molar-refractivity contribution in [3.63, 3.8) is 0 Å². The lowest BCUT2D eigenvalue weighted by Crippen LogP contribution is -2.32. The molecule has 0 aliphatic heterocycles. The molecule has 4 heteroatoms. The molecule has 1 saturated carbocycles. The van der Waals surface area contributed by atoms with Crippen molar-refractivity contribution in [2.75, 3.05) is 6.61 Å². The average Bonchev–Trinajstić information content (AvgIpc) is 2.55. The van der Waals surface area contributed by atoms with Crippen molar-refractivity contribution in [2.45, 2.75) is 58.9 Å². The van der Waals surface area contributed by atoms with Crippen LogP contribution in [-0.2, 0) is 14.3 Å². The SMILES string of the molecule is Cc1ccc([C@@H](C)NC(=O)COC(=O)C2CCCCC2)cc1C. The topological polar surface area (TPSA) is 55.4 Å². The van der Waals surface area contributed by atoms with Gasteiger partial charge in [0.05, 0.1) is 12.0 Å². The van der Waals surface area contributed by atoms with Gasteiger partial charge in [-0.1, -0.05) is 37.5 Å². The van der Waals surface area contributed by atoms with E-state index in [1.165, 1.54) is 17.5 Å². The van der Waals surface area contributed by atoms with E-state index in [0.29, 0.717) is 0 Å². The quantitative estimate of drug-likeness (QED) is 0.844. The molecular formula is C19H27NO3. The second-order valence-electron chi connectivity index (χ2n) is 6.58. The Balaban J connectivity index is 1.79. The van der Waals surface area contributed by atoms with E-state index in [0.717, 1.165) is 31.2 Å². The summed E-state index contributed by atoms with van der Waals surface area (Å²) in [6, 6.07) is 6.04. The summed E-state index contributed by atoms with van der Waals surface area (Å²) >= 11 is 0. The highest BCUT2D eigenvalue weighted by Crippen LogP contribution is 2.24. The van der Waals surface area contributed by atoms with Gasteiger partial charge < -0.3 is 10.1 Å². The summed E-state index contributed by atoms with van der Waals surface area (Å²) in [6.45, 7) is 5.86. The zero-order valence-electron chi connectivity index (χ0n) is 14.4. The van der Waals surface area contributed by atoms with E-state index in [1.807, 2.05) is 13.0 Å². The van der Waals surface area contributed by atoms with Crippen LogP contribution in [-0.4, -0.2) is 18.5 Å². The third kappa shape index (κ3) is 5.08. The first-order chi connectivity index (χ1) is 11.0. The Morgan fingerprint density at radius 3 is 2.52 bits per heavy atom. The van der Waals surface area contributed by atoms with Crippen molar-refractivity contribution >= 4 is 11.9 Å². The standard InChI is InChI=1S/C19H27NO3/c1-13-9-10-17(11-14(13)2)15(3)20-18(21)12-23-19(22)16-7-5-4-6-8-16/h9-11,15-16H,4-8,12H2,1-3H3,(H,20,21)/t15-/m1/s1. The lowest BCUT2D eigenvalue weighted by Gasteiger charge is -2.20. The van der Waals surface area contributed by atoms with E-state index in [9.17, 15) is 9.59 Å². The van der Waals surface area contributed by atoms with E-state index >= 15 is 0 Å². The van der Waals surface area contributed by atoms with Gasteiger partial charge in [-0.2, -0.15) is 0 Å². The van der Waals surface area contributed by atoms with Gasteiger partial charge in [-0.25, -0.2) is 0 Å². The molecule has 0 unspecified atom stereocenters. The lowest BCUT2D eigenvalue weighted by atomic mass is 9.89. The Hall–Kier alpha value is -1.84. The fourth-order valence-corrected chi connectivity index (χ4v) is 2.99. The van der Waals surface area contributed by atoms with Crippen molar-refractivity contribution in [2.24, 2.45) is 5.92 Å². The molecule has 1 aliphatic carbocycles. The molecule has 1 aromatic rings. The molecule has 1 N–H and O–H groups in total. The number of hydrogen-bond donors (Lipinski definition) is 1. The molecule has 0 saturated heterocycles. The van der Waals surface area contributed by atoms with Crippen molar-refractivity contribution in [3.8, 4) is 0 Å². The van der Waals surface area contributed by atoms with Gasteiger partial charge in [0.2, 0.25) is 0 Å². The van der Waals surface area contributed by atoms with Gasteiger partial charge in [-0.15, -0.1) is 0 Å². The van der Waals surface area contributed by atoms with Crippen LogP contribution in [0, 0.1) is 19.8 Å². The Morgan fingerprint density at radius 1 is 1.17 bits per heavy atom. The van der Waals surface area contributed by atoms with Gasteiger partial charge in [-0.05, 0) is 50.3 Å². The van der Waals surface area contributed by atoms with E-state index in [1.54, 1.807) is 0 Å². The molecule has 1 aliphatic rings. The van der Waals surface area contributed by atoms with Crippen LogP contribution in [0.4, 0.5) is 0 Å². The van der Waals surface area contributed by atoms with Crippen LogP contribution >= 0.6 is 0 Å². The Bertz CT molecular complexity index is 562. The second-order valence-corrected chi connectivity index (χ2v) is 6.58. The maximum absolute atomic E-state index is 12.0. The molecule has 0 heterocycles. The summed E-state index contributed by atoms with van der Waals surface area (Å²) < 4.78 is 5.17. The van der Waals surface area contributed by atoms with Crippen molar-refractivity contribution in [1.29, 1.82) is 0 Å². The molecule has 1 atom stereocenters. The second kappa shape index (κ2) is 8.14. The number of hydrogen-bond acceptors (Lipinski definition) is 3. The van der Waals surface area contributed by atoms with E-state index in [4.69, 9.17) is 4.74 Å². The normalized spacial score (nSPS) is 16.7. The maximum Gasteiger partial charge on any atom is 0.309 e. The van der Waals surface area contributed by atoms with Crippen molar-refractivity contribution in [3.05, 3.63) is 34.9 Å². The highest BCUT2D eigenvalue weighted by Gasteiger charge is 2.23. The zero-order chi connectivity index (χ0) is 16.8. The molecule has 23 heavy (non-hydrogen) atoms. The smallest absolute Gasteiger partial charge is 0.309 e. The van der Waals surface area contributed by atoms with Gasteiger partial charge in [0, 0.05) is 0 Å². The molecule has 1 aromatic carbocycles. The summed E-state index contributed by atoms with van der Waals surface area (Å²) in [4.78, 5) is 23.9.